The molecule has 33 heavy (non-hydrogen) atoms. The molecule has 170 valence electrons. The molecule has 0 atom stereocenters. The molecule has 3 aromatic heterocycles. The molecule has 3 aromatic rings. The van der Waals surface area contributed by atoms with E-state index in [0.717, 1.165) is 61.8 Å². The summed E-state index contributed by atoms with van der Waals surface area (Å²) in [5, 5.41) is 12.3. The molecular formula is C22H24N8O2S. The number of thiazole rings is 1. The summed E-state index contributed by atoms with van der Waals surface area (Å²) < 4.78 is 7.21. The first-order chi connectivity index (χ1) is 16.1. The van der Waals surface area contributed by atoms with Gasteiger partial charge in [0.15, 0.2) is 10.8 Å². The van der Waals surface area contributed by atoms with Crippen LogP contribution in [0.5, 0.6) is 0 Å². The molecule has 1 aliphatic heterocycles. The van der Waals surface area contributed by atoms with Crippen LogP contribution in [0, 0.1) is 5.41 Å². The number of nitrogens with two attached hydrogens (primary N) is 1. The van der Waals surface area contributed by atoms with Gasteiger partial charge in [0, 0.05) is 43.6 Å². The Kier molecular flexibility index (Phi) is 5.90. The summed E-state index contributed by atoms with van der Waals surface area (Å²) in [6, 6.07) is 0. The minimum atomic E-state index is -0.437. The van der Waals surface area contributed by atoms with Crippen molar-refractivity contribution in [3.8, 4) is 0 Å². The van der Waals surface area contributed by atoms with Crippen molar-refractivity contribution in [2.75, 3.05) is 32.8 Å². The molecular weight excluding hydrogens is 440 g/mol. The first-order valence-electron chi connectivity index (χ1n) is 10.6. The van der Waals surface area contributed by atoms with Crippen LogP contribution in [-0.4, -0.2) is 69.2 Å². The van der Waals surface area contributed by atoms with Gasteiger partial charge in [0.2, 0.25) is 0 Å². The van der Waals surface area contributed by atoms with Crippen molar-refractivity contribution >= 4 is 46.3 Å². The lowest BCUT2D eigenvalue weighted by Gasteiger charge is -2.27. The number of amides is 1. The van der Waals surface area contributed by atoms with Crippen LogP contribution in [0.3, 0.4) is 0 Å². The fraction of sp³-hybridized carbons (Fsp3) is 0.273. The van der Waals surface area contributed by atoms with Crippen molar-refractivity contribution in [2.24, 2.45) is 5.73 Å². The minimum absolute atomic E-state index is 0.154. The number of aromatic nitrogens is 4. The van der Waals surface area contributed by atoms with Crippen LogP contribution in [0.2, 0.25) is 0 Å². The maximum absolute atomic E-state index is 12.6. The molecule has 4 heterocycles. The van der Waals surface area contributed by atoms with E-state index in [4.69, 9.17) is 15.9 Å². The lowest BCUT2D eigenvalue weighted by Crippen LogP contribution is -2.37. The van der Waals surface area contributed by atoms with Gasteiger partial charge >= 0.3 is 0 Å². The van der Waals surface area contributed by atoms with E-state index < -0.39 is 5.91 Å². The maximum Gasteiger partial charge on any atom is 0.276 e. The number of morpholine rings is 1. The zero-order valence-electron chi connectivity index (χ0n) is 17.9. The van der Waals surface area contributed by atoms with Gasteiger partial charge in [0.25, 0.3) is 5.91 Å². The molecule has 5 rings (SSSR count). The van der Waals surface area contributed by atoms with Crippen LogP contribution in [0.15, 0.2) is 35.1 Å². The molecule has 1 amide bonds. The zero-order chi connectivity index (χ0) is 22.8. The summed E-state index contributed by atoms with van der Waals surface area (Å²) in [6.45, 7) is 4.25. The van der Waals surface area contributed by atoms with Crippen LogP contribution < -0.4 is 11.1 Å². The molecule has 1 aliphatic carbocycles. The van der Waals surface area contributed by atoms with Gasteiger partial charge < -0.3 is 26.2 Å². The lowest BCUT2D eigenvalue weighted by atomic mass is 10.1. The van der Waals surface area contributed by atoms with Crippen molar-refractivity contribution in [1.82, 2.24) is 29.6 Å². The Labute approximate surface area is 194 Å². The molecule has 0 radical (unpaired) electrons. The largest absolute Gasteiger partial charge is 0.394 e. The highest BCUT2D eigenvalue weighted by atomic mass is 32.1. The van der Waals surface area contributed by atoms with Gasteiger partial charge in [-0.25, -0.2) is 9.97 Å². The number of aromatic amines is 1. The third-order valence-electron chi connectivity index (χ3n) is 5.56. The Bertz CT molecular complexity index is 1260. The number of carbonyl (C=O) groups excluding carboxylic acids is 1. The van der Waals surface area contributed by atoms with Crippen LogP contribution in [0.4, 0.5) is 0 Å². The summed E-state index contributed by atoms with van der Waals surface area (Å²) >= 11 is 1.44. The number of ether oxygens (including phenoxy) is 1. The molecule has 0 unspecified atom stereocenters. The smallest absolute Gasteiger partial charge is 0.276 e. The third kappa shape index (κ3) is 4.51. The van der Waals surface area contributed by atoms with E-state index in [0.29, 0.717) is 5.82 Å². The SMILES string of the molecule is N=CC(NC(=O)c1cn2ccsc2n1)=C(N)c1nc2c([nH]1)C=C(CN1CCOCC1)CC=C2. The van der Waals surface area contributed by atoms with E-state index in [9.17, 15) is 4.79 Å². The second-order valence-corrected chi connectivity index (χ2v) is 8.70. The number of carbonyl (C=O) groups is 1. The molecule has 11 heteroatoms. The number of allylic oxidation sites excluding steroid dienone is 2. The van der Waals surface area contributed by atoms with E-state index in [1.807, 2.05) is 17.7 Å². The zero-order valence-corrected chi connectivity index (χ0v) is 18.7. The summed E-state index contributed by atoms with van der Waals surface area (Å²) in [5.74, 6) is -0.0359. The molecule has 0 spiro atoms. The molecule has 1 fully saturated rings. The summed E-state index contributed by atoms with van der Waals surface area (Å²) in [4.78, 5) is 27.9. The molecule has 10 nitrogen and oxygen atoms in total. The first-order valence-corrected chi connectivity index (χ1v) is 11.5. The number of nitrogens with one attached hydrogen (secondary N) is 3. The highest BCUT2D eigenvalue weighted by Gasteiger charge is 2.18. The van der Waals surface area contributed by atoms with Crippen molar-refractivity contribution in [2.45, 2.75) is 6.42 Å². The Morgan fingerprint density at radius 1 is 1.36 bits per heavy atom. The van der Waals surface area contributed by atoms with Gasteiger partial charge in [-0.15, -0.1) is 11.3 Å². The number of rotatable bonds is 6. The summed E-state index contributed by atoms with van der Waals surface area (Å²) in [6.07, 6.45) is 11.5. The highest BCUT2D eigenvalue weighted by molar-refractivity contribution is 7.15. The number of H-pyrrole nitrogens is 1. The Balaban J connectivity index is 1.36. The van der Waals surface area contributed by atoms with Crippen LogP contribution in [0.1, 0.15) is 34.1 Å². The number of imidazole rings is 2. The number of nitrogens with zero attached hydrogens (tertiary/aromatic N) is 4. The number of hydrogen-bond donors (Lipinski definition) is 4. The quantitative estimate of drug-likeness (QED) is 0.412. The Morgan fingerprint density at radius 3 is 3.00 bits per heavy atom. The molecule has 0 aromatic carbocycles. The first kappa shape index (κ1) is 21.3. The van der Waals surface area contributed by atoms with Crippen molar-refractivity contribution < 1.29 is 9.53 Å². The number of hydrogen-bond acceptors (Lipinski definition) is 8. The predicted octanol–water partition coefficient (Wildman–Crippen LogP) is 1.96. The predicted molar refractivity (Wildman–Crippen MR) is 128 cm³/mol. The molecule has 2 aliphatic rings. The summed E-state index contributed by atoms with van der Waals surface area (Å²) in [7, 11) is 0. The van der Waals surface area contributed by atoms with Gasteiger partial charge in [0.1, 0.15) is 11.4 Å². The van der Waals surface area contributed by atoms with Crippen molar-refractivity contribution in [1.29, 1.82) is 5.41 Å². The van der Waals surface area contributed by atoms with Gasteiger partial charge in [-0.1, -0.05) is 11.6 Å². The van der Waals surface area contributed by atoms with Crippen LogP contribution in [-0.2, 0) is 4.74 Å². The minimum Gasteiger partial charge on any atom is -0.394 e. The highest BCUT2D eigenvalue weighted by Crippen LogP contribution is 2.22. The van der Waals surface area contributed by atoms with E-state index in [1.165, 1.54) is 16.9 Å². The van der Waals surface area contributed by atoms with E-state index in [-0.39, 0.29) is 17.1 Å². The maximum atomic E-state index is 12.6. The molecule has 5 N–H and O–H groups in total. The third-order valence-corrected chi connectivity index (χ3v) is 6.33. The van der Waals surface area contributed by atoms with Gasteiger partial charge in [-0.2, -0.15) is 0 Å². The van der Waals surface area contributed by atoms with E-state index >= 15 is 0 Å². The topological polar surface area (TPSA) is 137 Å². The van der Waals surface area contributed by atoms with Gasteiger partial charge in [-0.05, 0) is 18.6 Å². The fourth-order valence-corrected chi connectivity index (χ4v) is 4.54. The van der Waals surface area contributed by atoms with Gasteiger partial charge in [0.05, 0.1) is 30.3 Å². The van der Waals surface area contributed by atoms with E-state index in [1.54, 1.807) is 10.6 Å². The average Bonchev–Trinajstić information content (AvgIpc) is 3.50. The standard InChI is InChI=1S/C22H24N8O2S/c23-11-17(27-21(31)18-13-30-6-9-33-22(30)28-18)19(24)20-25-15-3-1-2-14(10-16(15)26-20)12-29-4-7-32-8-5-29/h1,3,6,9-11,13,23H,2,4-5,7-8,12,24H2,(H,25,26)(H,27,31). The molecule has 0 saturated carbocycles. The van der Waals surface area contributed by atoms with Gasteiger partial charge in [-0.3, -0.25) is 14.1 Å². The van der Waals surface area contributed by atoms with Crippen molar-refractivity contribution in [3.05, 3.63) is 58.0 Å². The van der Waals surface area contributed by atoms with E-state index in [2.05, 4.69) is 37.3 Å². The second kappa shape index (κ2) is 9.14. The summed E-state index contributed by atoms with van der Waals surface area (Å²) in [5.41, 5.74) is 9.79. The normalized spacial score (nSPS) is 17.3. The Hall–Kier alpha value is -3.54. The average molecular weight is 465 g/mol. The lowest BCUT2D eigenvalue weighted by molar-refractivity contribution is 0.0422. The van der Waals surface area contributed by atoms with Crippen LogP contribution >= 0.6 is 11.3 Å². The fourth-order valence-electron chi connectivity index (χ4n) is 3.84. The number of fused-ring (bicyclic) bond motifs is 2. The molecule has 0 bridgehead atoms. The van der Waals surface area contributed by atoms with Crippen LogP contribution in [0.25, 0.3) is 22.8 Å². The molecule has 1 saturated heterocycles. The Morgan fingerprint density at radius 2 is 2.21 bits per heavy atom. The monoisotopic (exact) mass is 464 g/mol. The second-order valence-electron chi connectivity index (χ2n) is 7.83. The van der Waals surface area contributed by atoms with Crippen molar-refractivity contribution in [3.63, 3.8) is 0 Å².